The van der Waals surface area contributed by atoms with Gasteiger partial charge in [0, 0.05) is 43.5 Å². The predicted molar refractivity (Wildman–Crippen MR) is 124 cm³/mol. The number of hydrogen-bond acceptors (Lipinski definition) is 4. The topological polar surface area (TPSA) is 90.5 Å². The first kappa shape index (κ1) is 23.9. The molecule has 2 rings (SSSR count). The van der Waals surface area contributed by atoms with Crippen LogP contribution in [0.5, 0.6) is 0 Å². The molecule has 2 aromatic rings. The van der Waals surface area contributed by atoms with E-state index in [0.717, 1.165) is 17.7 Å². The van der Waals surface area contributed by atoms with Gasteiger partial charge in [-0.1, -0.05) is 25.1 Å². The molecule has 0 aliphatic heterocycles. The fourth-order valence-electron chi connectivity index (χ4n) is 2.80. The van der Waals surface area contributed by atoms with Crippen molar-refractivity contribution >= 4 is 29.1 Å². The van der Waals surface area contributed by atoms with Crippen LogP contribution >= 0.6 is 0 Å². The lowest BCUT2D eigenvalue weighted by Gasteiger charge is -2.13. The molecule has 0 aromatic heterocycles. The number of benzene rings is 2. The van der Waals surface area contributed by atoms with Gasteiger partial charge in [-0.15, -0.1) is 0 Å². The number of amides is 3. The Bertz CT molecular complexity index is 894. The van der Waals surface area contributed by atoms with E-state index < -0.39 is 0 Å². The van der Waals surface area contributed by atoms with Crippen molar-refractivity contribution in [3.63, 3.8) is 0 Å². The highest BCUT2D eigenvalue weighted by Gasteiger charge is 2.10. The van der Waals surface area contributed by atoms with Crippen molar-refractivity contribution in [2.24, 2.45) is 0 Å². The van der Waals surface area contributed by atoms with Crippen LogP contribution in [0.25, 0.3) is 0 Å². The summed E-state index contributed by atoms with van der Waals surface area (Å²) < 4.78 is 0. The molecule has 0 aliphatic rings. The summed E-state index contributed by atoms with van der Waals surface area (Å²) in [6.07, 6.45) is 2.00. The van der Waals surface area contributed by atoms with Crippen molar-refractivity contribution in [1.82, 2.24) is 10.2 Å². The van der Waals surface area contributed by atoms with Gasteiger partial charge in [-0.3, -0.25) is 14.4 Å². The van der Waals surface area contributed by atoms with E-state index in [0.29, 0.717) is 24.1 Å². The number of carbonyl (C=O) groups excluding carboxylic acids is 3. The molecule has 0 bridgehead atoms. The van der Waals surface area contributed by atoms with Crippen molar-refractivity contribution in [2.45, 2.75) is 39.2 Å². The second-order valence-corrected chi connectivity index (χ2v) is 7.75. The van der Waals surface area contributed by atoms with E-state index in [1.54, 1.807) is 43.3 Å². The number of rotatable bonds is 10. The van der Waals surface area contributed by atoms with E-state index in [4.69, 9.17) is 0 Å². The summed E-state index contributed by atoms with van der Waals surface area (Å²) in [6, 6.07) is 14.7. The highest BCUT2D eigenvalue weighted by molar-refractivity contribution is 5.98. The number of aryl methyl sites for hydroxylation is 1. The smallest absolute Gasteiger partial charge is 0.251 e. The molecule has 0 saturated heterocycles. The van der Waals surface area contributed by atoms with E-state index in [1.807, 2.05) is 38.1 Å². The molecule has 0 saturated carbocycles. The quantitative estimate of drug-likeness (QED) is 0.546. The zero-order valence-electron chi connectivity index (χ0n) is 18.7. The lowest BCUT2D eigenvalue weighted by atomic mass is 10.1. The third kappa shape index (κ3) is 8.12. The van der Waals surface area contributed by atoms with Crippen molar-refractivity contribution in [3.05, 3.63) is 59.7 Å². The number of hydrogen-bond donors (Lipinski definition) is 3. The van der Waals surface area contributed by atoms with Gasteiger partial charge in [0.15, 0.2) is 0 Å². The van der Waals surface area contributed by atoms with Gasteiger partial charge in [-0.25, -0.2) is 0 Å². The number of anilines is 2. The molecule has 166 valence electrons. The average Bonchev–Trinajstić information content (AvgIpc) is 2.76. The first-order valence-electron chi connectivity index (χ1n) is 10.5. The Morgan fingerprint density at radius 1 is 1.00 bits per heavy atom. The van der Waals surface area contributed by atoms with Crippen LogP contribution < -0.4 is 16.0 Å². The van der Waals surface area contributed by atoms with Gasteiger partial charge < -0.3 is 20.9 Å². The molecule has 3 amide bonds. The third-order valence-corrected chi connectivity index (χ3v) is 4.93. The van der Waals surface area contributed by atoms with Gasteiger partial charge in [0.05, 0.1) is 6.54 Å². The van der Waals surface area contributed by atoms with Crippen LogP contribution in [0.2, 0.25) is 0 Å². The standard InChI is InChI=1S/C24H32N4O3/c1-5-17(2)26-24(31)19-7-6-8-21(15-19)27-22(29)16-25-20-12-9-18(10-13-20)11-14-23(30)28(3)4/h6-10,12-13,15,17,25H,5,11,14,16H2,1-4H3,(H,26,31)(H,27,29). The first-order valence-corrected chi connectivity index (χ1v) is 10.5. The van der Waals surface area contributed by atoms with Crippen molar-refractivity contribution < 1.29 is 14.4 Å². The van der Waals surface area contributed by atoms with Crippen LogP contribution in [-0.4, -0.2) is 49.3 Å². The van der Waals surface area contributed by atoms with Crippen LogP contribution in [0.4, 0.5) is 11.4 Å². The molecular weight excluding hydrogens is 392 g/mol. The molecule has 0 fully saturated rings. The van der Waals surface area contributed by atoms with Gasteiger partial charge in [-0.2, -0.15) is 0 Å². The maximum absolute atomic E-state index is 12.3. The molecule has 0 aliphatic carbocycles. The Hall–Kier alpha value is -3.35. The fraction of sp³-hybridized carbons (Fsp3) is 0.375. The van der Waals surface area contributed by atoms with Gasteiger partial charge in [-0.05, 0) is 55.7 Å². The minimum absolute atomic E-state index is 0.0924. The Labute approximate surface area is 184 Å². The van der Waals surface area contributed by atoms with Gasteiger partial charge in [0.25, 0.3) is 5.91 Å². The number of carbonyl (C=O) groups is 3. The summed E-state index contributed by atoms with van der Waals surface area (Å²) in [4.78, 5) is 37.8. The molecule has 0 heterocycles. The SMILES string of the molecule is CCC(C)NC(=O)c1cccc(NC(=O)CNc2ccc(CCC(=O)N(C)C)cc2)c1. The minimum Gasteiger partial charge on any atom is -0.376 e. The van der Waals surface area contributed by atoms with E-state index in [9.17, 15) is 14.4 Å². The molecule has 31 heavy (non-hydrogen) atoms. The maximum Gasteiger partial charge on any atom is 0.251 e. The van der Waals surface area contributed by atoms with Gasteiger partial charge >= 0.3 is 0 Å². The first-order chi connectivity index (χ1) is 14.8. The average molecular weight is 425 g/mol. The molecule has 0 radical (unpaired) electrons. The molecule has 7 nitrogen and oxygen atoms in total. The Balaban J connectivity index is 1.83. The Kier molecular flexibility index (Phi) is 9.06. The summed E-state index contributed by atoms with van der Waals surface area (Å²) >= 11 is 0. The summed E-state index contributed by atoms with van der Waals surface area (Å²) in [5.74, 6) is -0.267. The minimum atomic E-state index is -0.208. The second-order valence-electron chi connectivity index (χ2n) is 7.75. The molecule has 7 heteroatoms. The molecular formula is C24H32N4O3. The largest absolute Gasteiger partial charge is 0.376 e. The Morgan fingerprint density at radius 2 is 1.71 bits per heavy atom. The molecule has 0 spiro atoms. The van der Waals surface area contributed by atoms with Crippen molar-refractivity contribution in [1.29, 1.82) is 0 Å². The zero-order valence-corrected chi connectivity index (χ0v) is 18.7. The van der Waals surface area contributed by atoms with Crippen LogP contribution in [0.15, 0.2) is 48.5 Å². The summed E-state index contributed by atoms with van der Waals surface area (Å²) in [6.45, 7) is 4.06. The van der Waals surface area contributed by atoms with Gasteiger partial charge in [0.2, 0.25) is 11.8 Å². The van der Waals surface area contributed by atoms with E-state index in [-0.39, 0.29) is 30.3 Å². The molecule has 1 atom stereocenters. The van der Waals surface area contributed by atoms with E-state index in [2.05, 4.69) is 16.0 Å². The van der Waals surface area contributed by atoms with E-state index >= 15 is 0 Å². The van der Waals surface area contributed by atoms with Crippen molar-refractivity contribution in [3.8, 4) is 0 Å². The lowest BCUT2D eigenvalue weighted by Crippen LogP contribution is -2.32. The maximum atomic E-state index is 12.3. The van der Waals surface area contributed by atoms with Crippen LogP contribution in [0, 0.1) is 0 Å². The molecule has 2 aromatic carbocycles. The summed E-state index contributed by atoms with van der Waals surface area (Å²) in [7, 11) is 3.50. The number of nitrogens with zero attached hydrogens (tertiary/aromatic N) is 1. The third-order valence-electron chi connectivity index (χ3n) is 4.93. The number of nitrogens with one attached hydrogen (secondary N) is 3. The van der Waals surface area contributed by atoms with Crippen LogP contribution in [-0.2, 0) is 16.0 Å². The van der Waals surface area contributed by atoms with Gasteiger partial charge in [0.1, 0.15) is 0 Å². The molecule has 3 N–H and O–H groups in total. The summed E-state index contributed by atoms with van der Waals surface area (Å²) in [5, 5.41) is 8.80. The highest BCUT2D eigenvalue weighted by Crippen LogP contribution is 2.13. The highest BCUT2D eigenvalue weighted by atomic mass is 16.2. The fourth-order valence-corrected chi connectivity index (χ4v) is 2.80. The predicted octanol–water partition coefficient (Wildman–Crippen LogP) is 3.29. The monoisotopic (exact) mass is 424 g/mol. The summed E-state index contributed by atoms with van der Waals surface area (Å²) in [5.41, 5.74) is 2.97. The van der Waals surface area contributed by atoms with Crippen molar-refractivity contribution in [2.75, 3.05) is 31.3 Å². The lowest BCUT2D eigenvalue weighted by molar-refractivity contribution is -0.128. The van der Waals surface area contributed by atoms with Crippen LogP contribution in [0.1, 0.15) is 42.6 Å². The molecule has 1 unspecified atom stereocenters. The van der Waals surface area contributed by atoms with Crippen LogP contribution in [0.3, 0.4) is 0 Å². The normalized spacial score (nSPS) is 11.4. The Morgan fingerprint density at radius 3 is 2.35 bits per heavy atom. The zero-order chi connectivity index (χ0) is 22.8. The second kappa shape index (κ2) is 11.7. The van der Waals surface area contributed by atoms with E-state index in [1.165, 1.54) is 0 Å².